The third-order valence-electron chi connectivity index (χ3n) is 28.1. The molecule has 9 aromatic heterocycles. The second-order valence-electron chi connectivity index (χ2n) is 36.9. The molecule has 4 aliphatic heterocycles. The number of imidazole rings is 4. The van der Waals surface area contributed by atoms with Crippen molar-refractivity contribution >= 4 is 138 Å². The summed E-state index contributed by atoms with van der Waals surface area (Å²) in [5.41, 5.74) is 14.2. The molecular formula is C104H103N19O8S2. The highest BCUT2D eigenvalue weighted by Crippen LogP contribution is 2.60. The summed E-state index contributed by atoms with van der Waals surface area (Å²) in [5, 5.41) is 12.2. The topological polar surface area (TPSA) is 308 Å². The zero-order valence-electron chi connectivity index (χ0n) is 74.5. The lowest BCUT2D eigenvalue weighted by molar-refractivity contribution is -0.126. The van der Waals surface area contributed by atoms with Gasteiger partial charge in [-0.15, -0.1) is 22.7 Å². The number of fused-ring (bicyclic) bond motifs is 4. The minimum absolute atomic E-state index is 0.00737. The summed E-state index contributed by atoms with van der Waals surface area (Å²) >= 11 is 2.90. The Balaban J connectivity index is 0.000000115. The zero-order chi connectivity index (χ0) is 92.0. The minimum Gasteiger partial charge on any atom is -0.339 e. The minimum atomic E-state index is -0.221. The summed E-state index contributed by atoms with van der Waals surface area (Å²) in [5.74, 6) is 1.63. The van der Waals surface area contributed by atoms with Gasteiger partial charge in [-0.05, 0) is 265 Å². The highest BCUT2D eigenvalue weighted by molar-refractivity contribution is 7.17. The van der Waals surface area contributed by atoms with Gasteiger partial charge in [0.05, 0.1) is 59.5 Å². The lowest BCUT2D eigenvalue weighted by atomic mass is 9.64. The van der Waals surface area contributed by atoms with Crippen molar-refractivity contribution in [2.75, 3.05) is 73.6 Å². The highest BCUT2D eigenvalue weighted by atomic mass is 32.1. The number of benzene rings is 5. The second-order valence-corrected chi connectivity index (χ2v) is 39.1. The molecule has 4 spiro atoms. The van der Waals surface area contributed by atoms with Crippen LogP contribution in [0.25, 0.3) is 65.0 Å². The first kappa shape index (κ1) is 87.9. The largest absolute Gasteiger partial charge is 0.339 e. The fourth-order valence-corrected chi connectivity index (χ4v) is 23.0. The molecule has 4 saturated carbocycles. The van der Waals surface area contributed by atoms with E-state index < -0.39 is 0 Å². The molecule has 0 bridgehead atoms. The molecule has 0 unspecified atom stereocenters. The number of para-hydroxylation sites is 8. The lowest BCUT2D eigenvalue weighted by Crippen LogP contribution is -2.42. The van der Waals surface area contributed by atoms with Crippen LogP contribution in [-0.2, 0) is 19.2 Å². The maximum atomic E-state index is 13.3. The molecule has 133 heavy (non-hydrogen) atoms. The maximum absolute atomic E-state index is 13.3. The van der Waals surface area contributed by atoms with Crippen LogP contribution in [0.5, 0.6) is 0 Å². The van der Waals surface area contributed by atoms with Crippen LogP contribution in [-0.4, -0.2) is 172 Å². The first-order valence-corrected chi connectivity index (χ1v) is 46.9. The molecule has 4 saturated heterocycles. The monoisotopic (exact) mass is 1810 g/mol. The van der Waals surface area contributed by atoms with Crippen molar-refractivity contribution < 1.29 is 38.4 Å². The molecule has 8 aliphatic rings. The van der Waals surface area contributed by atoms with Crippen LogP contribution in [0.1, 0.15) is 158 Å². The summed E-state index contributed by atoms with van der Waals surface area (Å²) in [4.78, 5) is 143. The number of carbonyl (C=O) groups is 8. The van der Waals surface area contributed by atoms with Gasteiger partial charge < -0.3 is 37.9 Å². The van der Waals surface area contributed by atoms with Crippen molar-refractivity contribution in [3.63, 3.8) is 0 Å². The van der Waals surface area contributed by atoms with Gasteiger partial charge in [-0.25, -0.2) is 19.9 Å². The molecule has 674 valence electrons. The van der Waals surface area contributed by atoms with Crippen LogP contribution in [0.3, 0.4) is 0 Å². The number of pyridine rings is 3. The third-order valence-corrected chi connectivity index (χ3v) is 30.3. The van der Waals surface area contributed by atoms with Crippen LogP contribution < -0.4 is 21.3 Å². The molecule has 0 radical (unpaired) electrons. The van der Waals surface area contributed by atoms with Crippen molar-refractivity contribution in [3.8, 4) is 20.9 Å². The second kappa shape index (κ2) is 36.4. The van der Waals surface area contributed by atoms with E-state index in [0.717, 1.165) is 211 Å². The average molecular weight is 1810 g/mol. The Labute approximate surface area is 777 Å². The van der Waals surface area contributed by atoms with E-state index >= 15 is 0 Å². The van der Waals surface area contributed by atoms with E-state index in [1.807, 2.05) is 198 Å². The molecule has 0 atom stereocenters. The summed E-state index contributed by atoms with van der Waals surface area (Å²) in [7, 11) is 0. The van der Waals surface area contributed by atoms with Gasteiger partial charge in [0, 0.05) is 134 Å². The number of thiophene rings is 2. The van der Waals surface area contributed by atoms with Crippen molar-refractivity contribution in [3.05, 3.63) is 295 Å². The molecule has 13 heterocycles. The molecule has 4 N–H and O–H groups in total. The Morgan fingerprint density at radius 2 is 0.699 bits per heavy atom. The predicted octanol–water partition coefficient (Wildman–Crippen LogP) is 18.7. The number of aromatic nitrogens is 11. The van der Waals surface area contributed by atoms with Crippen molar-refractivity contribution in [2.24, 2.45) is 21.7 Å². The van der Waals surface area contributed by atoms with Gasteiger partial charge in [0.15, 0.2) is 0 Å². The van der Waals surface area contributed by atoms with E-state index in [1.165, 1.54) is 47.0 Å². The average Bonchev–Trinajstić information content (AvgIpc) is 1.61. The van der Waals surface area contributed by atoms with E-state index in [4.69, 9.17) is 19.9 Å². The van der Waals surface area contributed by atoms with E-state index in [0.29, 0.717) is 44.7 Å². The first-order chi connectivity index (χ1) is 64.4. The van der Waals surface area contributed by atoms with Crippen molar-refractivity contribution in [1.29, 1.82) is 0 Å². The van der Waals surface area contributed by atoms with Crippen LogP contribution >= 0.6 is 22.7 Å². The molecule has 8 fully saturated rings. The maximum Gasteiger partial charge on any atom is 0.268 e. The van der Waals surface area contributed by atoms with Gasteiger partial charge in [0.1, 0.15) is 0 Å². The Kier molecular flexibility index (Phi) is 24.0. The van der Waals surface area contributed by atoms with Gasteiger partial charge in [-0.3, -0.25) is 74.6 Å². The Hall–Kier alpha value is -14.5. The summed E-state index contributed by atoms with van der Waals surface area (Å²) in [6.07, 6.45) is 24.2. The first-order valence-electron chi connectivity index (χ1n) is 45.3. The van der Waals surface area contributed by atoms with Crippen molar-refractivity contribution in [1.82, 2.24) is 72.8 Å². The molecule has 29 heteroatoms. The van der Waals surface area contributed by atoms with Gasteiger partial charge in [0.25, 0.3) is 23.6 Å². The molecular weight excluding hydrogens is 1710 g/mol. The Bertz CT molecular complexity index is 6730. The van der Waals surface area contributed by atoms with Crippen molar-refractivity contribution in [2.45, 2.75) is 122 Å². The third kappa shape index (κ3) is 17.7. The zero-order valence-corrected chi connectivity index (χ0v) is 76.1. The van der Waals surface area contributed by atoms with Gasteiger partial charge in [-0.2, -0.15) is 0 Å². The number of likely N-dealkylation sites (tertiary alicyclic amines) is 4. The summed E-state index contributed by atoms with van der Waals surface area (Å²) in [6, 6.07) is 59.5. The number of rotatable bonds is 18. The number of hydrogen-bond donors (Lipinski definition) is 4. The van der Waals surface area contributed by atoms with Crippen LogP contribution in [0.4, 0.5) is 23.8 Å². The number of aryl methyl sites for hydroxylation is 3. The highest BCUT2D eigenvalue weighted by Gasteiger charge is 2.55. The van der Waals surface area contributed by atoms with E-state index in [9.17, 15) is 38.4 Å². The SMILES string of the molecule is C=CC(=O)N1CCC2(CC(n3c(NC(=O)c4ccc(-c5cccnc5)s4)nc4ccccc43)C2)C1.C=CC(=O)N1CCC2(CC(n3c(NC(=O)c4ccc(-c5ccnc(C)c5)s4)nc4ccccc43)C2)C1.C=CC(=O)N1CCC2(CC(n3c(NC(=O)c4ccc(C)cc4)nc4ccccc43)C2)C1.C=CC(=O)N1CCC2(CC(n3c(NC(=O)c4ccc(C)nc4)nc4ccccc43)C2)C1. The fraction of sp³-hybridized carbons (Fsp3) is 0.298. The molecule has 8 amide bonds. The van der Waals surface area contributed by atoms with E-state index in [2.05, 4.69) is 99.0 Å². The van der Waals surface area contributed by atoms with Crippen LogP contribution in [0.15, 0.2) is 257 Å². The molecule has 22 rings (SSSR count). The molecule has 27 nitrogen and oxygen atoms in total. The standard InChI is InChI=1S/C28H27N5O2S.C27H25N5O2S.C25H26N4O2.C24H25N5O2/c1-3-25(34)32-13-11-28(17-32)15-20(16-28)33-22-7-5-4-6-21(22)30-27(33)31-26(35)24-9-8-23(36-24)19-10-12-29-18(2)14-19;1-2-24(33)31-13-11-27(17-31)14-19(15-27)32-21-8-4-3-7-20(21)29-26(32)30-25(34)23-10-9-22(35-23)18-6-5-12-28-16-18;1-3-22(30)28-13-12-25(16-28)14-19(15-25)29-21-7-5-4-6-20(21)26-24(29)27-23(31)18-10-8-17(2)9-11-18;1-3-21(30)28-11-10-24(15-28)12-18(13-24)29-20-7-5-4-6-19(20)26-23(29)27-22(31)17-9-8-16(2)25-14-17/h3-10,12,14,20H,1,11,13,15-17H2,2H3,(H,30,31,35);2-10,12,16,19H,1,11,13-15,17H2,(H,29,30,34);3-11,19H,1,12-16H2,2H3,(H,26,27,31);3-9,14,18H,1,10-13,15H2,2H3,(H,26,27,31). The fourth-order valence-electron chi connectivity index (χ4n) is 21.3. The normalized spacial score (nSPS) is 21.8. The smallest absolute Gasteiger partial charge is 0.268 e. The number of anilines is 4. The number of nitrogens with one attached hydrogen (secondary N) is 4. The van der Waals surface area contributed by atoms with Crippen LogP contribution in [0, 0.1) is 42.4 Å². The van der Waals surface area contributed by atoms with Gasteiger partial charge >= 0.3 is 0 Å². The number of amides is 8. The summed E-state index contributed by atoms with van der Waals surface area (Å²) < 4.78 is 8.67. The van der Waals surface area contributed by atoms with E-state index in [1.54, 1.807) is 30.9 Å². The van der Waals surface area contributed by atoms with Crippen LogP contribution in [0.2, 0.25) is 0 Å². The Morgan fingerprint density at radius 1 is 0.353 bits per heavy atom. The number of nitrogens with zero attached hydrogens (tertiary/aromatic N) is 15. The van der Waals surface area contributed by atoms with E-state index in [-0.39, 0.29) is 93.1 Å². The quantitative estimate of drug-likeness (QED) is 0.0580. The Morgan fingerprint density at radius 3 is 1.04 bits per heavy atom. The number of carbonyl (C=O) groups excluding carboxylic acids is 8. The molecule has 4 aliphatic carbocycles. The van der Waals surface area contributed by atoms with Gasteiger partial charge in [0.2, 0.25) is 47.4 Å². The lowest BCUT2D eigenvalue weighted by Gasteiger charge is -2.46. The number of hydrogen-bond acceptors (Lipinski definition) is 17. The summed E-state index contributed by atoms with van der Waals surface area (Å²) in [6.45, 7) is 26.6. The molecule has 14 aromatic rings. The van der Waals surface area contributed by atoms with Gasteiger partial charge in [-0.1, -0.05) is 98.6 Å². The predicted molar refractivity (Wildman–Crippen MR) is 519 cm³/mol. The molecule has 5 aromatic carbocycles.